The average Bonchev–Trinajstić information content (AvgIpc) is 2.35. The van der Waals surface area contributed by atoms with Gasteiger partial charge in [0.05, 0.1) is 11.8 Å². The lowest BCUT2D eigenvalue weighted by Gasteiger charge is -2.25. The van der Waals surface area contributed by atoms with E-state index in [1.807, 2.05) is 6.92 Å². The summed E-state index contributed by atoms with van der Waals surface area (Å²) in [6, 6.07) is 3.85. The number of rotatable bonds is 6. The Morgan fingerprint density at radius 3 is 2.36 bits per heavy atom. The largest absolute Gasteiger partial charge is 0.478 e. The van der Waals surface area contributed by atoms with Crippen molar-refractivity contribution in [2.24, 2.45) is 0 Å². The highest BCUT2D eigenvalue weighted by Crippen LogP contribution is 2.24. The minimum atomic E-state index is -3.91. The molecule has 122 valence electrons. The number of hydrogen-bond donors (Lipinski definition) is 2. The Hall–Kier alpha value is -2.09. The number of carbonyl (C=O) groups excluding carboxylic acids is 1. The number of carboxylic acids is 1. The van der Waals surface area contributed by atoms with Crippen molar-refractivity contribution in [2.45, 2.75) is 32.7 Å². The van der Waals surface area contributed by atoms with Crippen LogP contribution in [-0.4, -0.2) is 37.2 Å². The second kappa shape index (κ2) is 6.35. The average molecular weight is 329 g/mol. The molecule has 0 bridgehead atoms. The molecule has 0 saturated carbocycles. The van der Waals surface area contributed by atoms with E-state index < -0.39 is 38.8 Å². The Kier molecular flexibility index (Phi) is 5.18. The van der Waals surface area contributed by atoms with Crippen LogP contribution >= 0.6 is 0 Å². The molecule has 1 aromatic carbocycles. The fraction of sp³-hybridized carbons (Fsp3) is 0.429. The molecular weight excluding hydrogens is 310 g/mol. The maximum Gasteiger partial charge on any atom is 0.340 e. The number of carbonyl (C=O) groups is 2. The summed E-state index contributed by atoms with van der Waals surface area (Å²) in [6.07, 6.45) is 1.44. The Labute approximate surface area is 129 Å². The SMILES string of the molecule is CCC(C)(C)NC(=O)c1cccc(OS(C)(=O)=O)c1C(=O)O. The van der Waals surface area contributed by atoms with Gasteiger partial charge in [-0.1, -0.05) is 13.0 Å². The lowest BCUT2D eigenvalue weighted by atomic mass is 9.99. The maximum atomic E-state index is 12.3. The zero-order valence-corrected chi connectivity index (χ0v) is 13.7. The molecule has 0 aromatic heterocycles. The van der Waals surface area contributed by atoms with Crippen molar-refractivity contribution in [1.29, 1.82) is 0 Å². The molecule has 1 aromatic rings. The van der Waals surface area contributed by atoms with Crippen LogP contribution < -0.4 is 9.50 Å². The highest BCUT2D eigenvalue weighted by Gasteiger charge is 2.26. The molecule has 7 nitrogen and oxygen atoms in total. The van der Waals surface area contributed by atoms with Crippen molar-refractivity contribution in [3.05, 3.63) is 29.3 Å². The van der Waals surface area contributed by atoms with Crippen LogP contribution in [0.2, 0.25) is 0 Å². The molecule has 1 amide bonds. The maximum absolute atomic E-state index is 12.3. The Balaban J connectivity index is 3.34. The summed E-state index contributed by atoms with van der Waals surface area (Å²) in [7, 11) is -3.91. The van der Waals surface area contributed by atoms with E-state index in [0.717, 1.165) is 6.26 Å². The minimum Gasteiger partial charge on any atom is -0.478 e. The van der Waals surface area contributed by atoms with Crippen molar-refractivity contribution >= 4 is 22.0 Å². The minimum absolute atomic E-state index is 0.157. The number of hydrogen-bond acceptors (Lipinski definition) is 5. The van der Waals surface area contributed by atoms with Gasteiger partial charge in [0.1, 0.15) is 5.56 Å². The van der Waals surface area contributed by atoms with E-state index in [9.17, 15) is 23.1 Å². The highest BCUT2D eigenvalue weighted by atomic mass is 32.2. The van der Waals surface area contributed by atoms with Crippen molar-refractivity contribution in [1.82, 2.24) is 5.32 Å². The second-order valence-corrected chi connectivity index (χ2v) is 7.04. The van der Waals surface area contributed by atoms with Gasteiger partial charge < -0.3 is 14.6 Å². The third-order valence-corrected chi connectivity index (χ3v) is 3.54. The number of carboxylic acid groups (broad SMARTS) is 1. The lowest BCUT2D eigenvalue weighted by Crippen LogP contribution is -2.43. The standard InChI is InChI=1S/C14H19NO6S/c1-5-14(2,3)15-12(16)9-7-6-8-10(11(9)13(17)18)21-22(4,19)20/h6-8H,5H2,1-4H3,(H,15,16)(H,17,18). The van der Waals surface area contributed by atoms with Gasteiger partial charge >= 0.3 is 16.1 Å². The van der Waals surface area contributed by atoms with Crippen LogP contribution in [-0.2, 0) is 10.1 Å². The summed E-state index contributed by atoms with van der Waals surface area (Å²) >= 11 is 0. The van der Waals surface area contributed by atoms with Gasteiger partial charge in [0, 0.05) is 5.54 Å². The molecule has 0 saturated heterocycles. The van der Waals surface area contributed by atoms with E-state index >= 15 is 0 Å². The van der Waals surface area contributed by atoms with Crippen molar-refractivity contribution in [3.63, 3.8) is 0 Å². The zero-order chi connectivity index (χ0) is 17.1. The van der Waals surface area contributed by atoms with Gasteiger partial charge in [-0.15, -0.1) is 0 Å². The molecule has 1 rings (SSSR count). The van der Waals surface area contributed by atoms with Crippen LogP contribution in [0.5, 0.6) is 5.75 Å². The quantitative estimate of drug-likeness (QED) is 0.768. The Morgan fingerprint density at radius 1 is 1.32 bits per heavy atom. The summed E-state index contributed by atoms with van der Waals surface area (Å²) in [5.41, 5.74) is -1.17. The Bertz CT molecular complexity index is 693. The molecule has 0 fully saturated rings. The van der Waals surface area contributed by atoms with Gasteiger partial charge in [0.15, 0.2) is 5.75 Å². The summed E-state index contributed by atoms with van der Waals surface area (Å²) < 4.78 is 27.1. The molecule has 0 radical (unpaired) electrons. The van der Waals surface area contributed by atoms with Crippen molar-refractivity contribution in [3.8, 4) is 5.75 Å². The highest BCUT2D eigenvalue weighted by molar-refractivity contribution is 7.86. The fourth-order valence-corrected chi connectivity index (χ4v) is 2.10. The molecule has 0 heterocycles. The van der Waals surface area contributed by atoms with Gasteiger partial charge in [-0.25, -0.2) is 4.79 Å². The molecule has 0 aliphatic carbocycles. The van der Waals surface area contributed by atoms with E-state index in [1.54, 1.807) is 13.8 Å². The van der Waals surface area contributed by atoms with E-state index in [0.29, 0.717) is 6.42 Å². The topological polar surface area (TPSA) is 110 Å². The third-order valence-electron chi connectivity index (χ3n) is 3.06. The van der Waals surface area contributed by atoms with Crippen molar-refractivity contribution < 1.29 is 27.3 Å². The van der Waals surface area contributed by atoms with Gasteiger partial charge in [0.25, 0.3) is 5.91 Å². The molecule has 0 unspecified atom stereocenters. The molecule has 0 aliphatic heterocycles. The Morgan fingerprint density at radius 2 is 1.91 bits per heavy atom. The van der Waals surface area contributed by atoms with E-state index in [1.165, 1.54) is 18.2 Å². The zero-order valence-electron chi connectivity index (χ0n) is 12.8. The van der Waals surface area contributed by atoms with Crippen LogP contribution in [0.3, 0.4) is 0 Å². The predicted molar refractivity (Wildman–Crippen MR) is 80.7 cm³/mol. The van der Waals surface area contributed by atoms with Crippen LogP contribution in [0.1, 0.15) is 47.9 Å². The van der Waals surface area contributed by atoms with E-state index in [2.05, 4.69) is 9.50 Å². The van der Waals surface area contributed by atoms with Crippen LogP contribution in [0.15, 0.2) is 18.2 Å². The summed E-state index contributed by atoms with van der Waals surface area (Å²) in [6.45, 7) is 5.46. The first-order chi connectivity index (χ1) is 9.97. The first kappa shape index (κ1) is 18.0. The van der Waals surface area contributed by atoms with Crippen molar-refractivity contribution in [2.75, 3.05) is 6.26 Å². The molecule has 0 aliphatic rings. The van der Waals surface area contributed by atoms with Crippen LogP contribution in [0.4, 0.5) is 0 Å². The molecular formula is C14H19NO6S. The summed E-state index contributed by atoms with van der Waals surface area (Å²) in [5, 5.41) is 12.0. The first-order valence-corrected chi connectivity index (χ1v) is 8.37. The number of nitrogens with one attached hydrogen (secondary N) is 1. The third kappa shape index (κ3) is 4.73. The smallest absolute Gasteiger partial charge is 0.340 e. The van der Waals surface area contributed by atoms with Gasteiger partial charge in [-0.05, 0) is 32.4 Å². The monoisotopic (exact) mass is 329 g/mol. The number of amides is 1. The summed E-state index contributed by atoms with van der Waals surface area (Å²) in [5.74, 6) is -2.45. The van der Waals surface area contributed by atoms with Crippen LogP contribution in [0, 0.1) is 0 Å². The molecule has 8 heteroatoms. The second-order valence-electron chi connectivity index (χ2n) is 5.46. The summed E-state index contributed by atoms with van der Waals surface area (Å²) in [4.78, 5) is 23.7. The lowest BCUT2D eigenvalue weighted by molar-refractivity contribution is 0.0687. The number of benzene rings is 1. The molecule has 22 heavy (non-hydrogen) atoms. The fourth-order valence-electron chi connectivity index (χ4n) is 1.64. The molecule has 0 atom stereocenters. The first-order valence-electron chi connectivity index (χ1n) is 6.55. The van der Waals surface area contributed by atoms with Gasteiger partial charge in [-0.2, -0.15) is 8.42 Å². The van der Waals surface area contributed by atoms with Gasteiger partial charge in [-0.3, -0.25) is 4.79 Å². The van der Waals surface area contributed by atoms with Gasteiger partial charge in [0.2, 0.25) is 0 Å². The van der Waals surface area contributed by atoms with Crippen LogP contribution in [0.25, 0.3) is 0 Å². The van der Waals surface area contributed by atoms with E-state index in [4.69, 9.17) is 0 Å². The predicted octanol–water partition coefficient (Wildman–Crippen LogP) is 1.64. The number of aromatic carboxylic acids is 1. The normalized spacial score (nSPS) is 11.8. The molecule has 2 N–H and O–H groups in total. The molecule has 0 spiro atoms. The van der Waals surface area contributed by atoms with E-state index in [-0.39, 0.29) is 5.56 Å².